The second-order valence-corrected chi connectivity index (χ2v) is 6.01. The molecule has 0 spiro atoms. The molecule has 0 aliphatic carbocycles. The van der Waals surface area contributed by atoms with E-state index in [1.807, 2.05) is 0 Å². The topological polar surface area (TPSA) is 60.8 Å². The summed E-state index contributed by atoms with van der Waals surface area (Å²) in [5.41, 5.74) is -0.474. The first kappa shape index (κ1) is 19.2. The fourth-order valence-corrected chi connectivity index (χ4v) is 2.80. The number of carbonyl (C=O) groups excluding carboxylic acids is 1. The summed E-state index contributed by atoms with van der Waals surface area (Å²) >= 11 is 11.8. The number of hydrogen-bond acceptors (Lipinski definition) is 3. The average molecular weight is 394 g/mol. The average Bonchev–Trinajstić information content (AvgIpc) is 2.47. The van der Waals surface area contributed by atoms with Gasteiger partial charge in [-0.1, -0.05) is 23.2 Å². The third-order valence-electron chi connectivity index (χ3n) is 3.45. The number of carbonyl (C=O) groups is 1. The van der Waals surface area contributed by atoms with Crippen LogP contribution in [0.2, 0.25) is 10.0 Å². The summed E-state index contributed by atoms with van der Waals surface area (Å²) in [4.78, 5) is 13.3. The highest BCUT2D eigenvalue weighted by Gasteiger charge is 2.43. The minimum Gasteiger partial charge on any atom is -0.508 e. The number of anilines is 1. The standard InChI is InChI=1S/C16H12Cl2F3NO3/c1-8(16(19,20)21)22(9-2-4-10(23)5-3-9)15(25)14-12(17)6-11(24)7-13(14)18/h2-8,23-24H,1H3. The highest BCUT2D eigenvalue weighted by molar-refractivity contribution is 6.40. The molecule has 0 fully saturated rings. The molecule has 0 saturated carbocycles. The molecule has 9 heteroatoms. The van der Waals surface area contributed by atoms with Gasteiger partial charge in [0.05, 0.1) is 15.6 Å². The summed E-state index contributed by atoms with van der Waals surface area (Å²) in [5.74, 6) is -1.59. The molecule has 0 aliphatic heterocycles. The van der Waals surface area contributed by atoms with Crippen LogP contribution < -0.4 is 4.90 Å². The first-order valence-corrected chi connectivity index (χ1v) is 7.65. The Balaban J connectivity index is 2.60. The van der Waals surface area contributed by atoms with E-state index in [1.54, 1.807) is 0 Å². The second-order valence-electron chi connectivity index (χ2n) is 5.19. The third kappa shape index (κ3) is 4.11. The van der Waals surface area contributed by atoms with Crippen LogP contribution >= 0.6 is 23.2 Å². The van der Waals surface area contributed by atoms with E-state index in [2.05, 4.69) is 0 Å². The summed E-state index contributed by atoms with van der Waals surface area (Å²) < 4.78 is 39.8. The molecule has 134 valence electrons. The highest BCUT2D eigenvalue weighted by atomic mass is 35.5. The third-order valence-corrected chi connectivity index (χ3v) is 4.04. The van der Waals surface area contributed by atoms with E-state index in [4.69, 9.17) is 23.2 Å². The lowest BCUT2D eigenvalue weighted by Gasteiger charge is -2.31. The van der Waals surface area contributed by atoms with E-state index in [-0.39, 0.29) is 32.8 Å². The lowest BCUT2D eigenvalue weighted by Crippen LogP contribution is -2.47. The normalized spacial score (nSPS) is 12.7. The van der Waals surface area contributed by atoms with Crippen molar-refractivity contribution < 1.29 is 28.2 Å². The molecule has 2 aromatic carbocycles. The van der Waals surface area contributed by atoms with Gasteiger partial charge in [-0.25, -0.2) is 0 Å². The molecule has 0 saturated heterocycles. The molecule has 25 heavy (non-hydrogen) atoms. The molecule has 0 aliphatic rings. The van der Waals surface area contributed by atoms with Gasteiger partial charge in [-0.05, 0) is 43.3 Å². The van der Waals surface area contributed by atoms with Gasteiger partial charge >= 0.3 is 6.18 Å². The fourth-order valence-electron chi connectivity index (χ4n) is 2.16. The van der Waals surface area contributed by atoms with Gasteiger partial charge in [0.1, 0.15) is 17.5 Å². The molecule has 0 radical (unpaired) electrons. The lowest BCUT2D eigenvalue weighted by molar-refractivity contribution is -0.143. The van der Waals surface area contributed by atoms with Gasteiger partial charge in [-0.2, -0.15) is 13.2 Å². The largest absolute Gasteiger partial charge is 0.508 e. The Hall–Kier alpha value is -2.12. The van der Waals surface area contributed by atoms with Crippen LogP contribution in [0.3, 0.4) is 0 Å². The van der Waals surface area contributed by atoms with Crippen LogP contribution in [-0.4, -0.2) is 28.3 Å². The molecule has 2 aromatic rings. The maximum absolute atomic E-state index is 13.3. The van der Waals surface area contributed by atoms with Crippen LogP contribution in [0.15, 0.2) is 36.4 Å². The quantitative estimate of drug-likeness (QED) is 0.770. The number of halogens is 5. The molecule has 4 nitrogen and oxygen atoms in total. The Labute approximate surface area is 151 Å². The zero-order chi connectivity index (χ0) is 18.9. The van der Waals surface area contributed by atoms with Crippen molar-refractivity contribution in [1.82, 2.24) is 0 Å². The molecule has 1 unspecified atom stereocenters. The van der Waals surface area contributed by atoms with Crippen molar-refractivity contribution in [2.24, 2.45) is 0 Å². The number of hydrogen-bond donors (Lipinski definition) is 2. The molecular weight excluding hydrogens is 382 g/mol. The molecule has 0 bridgehead atoms. The van der Waals surface area contributed by atoms with Crippen LogP contribution in [-0.2, 0) is 0 Å². The smallest absolute Gasteiger partial charge is 0.408 e. The molecule has 2 rings (SSSR count). The number of phenols is 2. The number of nitrogens with zero attached hydrogens (tertiary/aromatic N) is 1. The number of benzene rings is 2. The van der Waals surface area contributed by atoms with Crippen LogP contribution in [0.4, 0.5) is 18.9 Å². The predicted octanol–water partition coefficient (Wildman–Crippen LogP) is 5.00. The van der Waals surface area contributed by atoms with Gasteiger partial charge < -0.3 is 10.2 Å². The molecule has 0 heterocycles. The summed E-state index contributed by atoms with van der Waals surface area (Å²) in [5, 5.41) is 18.2. The van der Waals surface area contributed by atoms with E-state index in [0.717, 1.165) is 43.3 Å². The Kier molecular flexibility index (Phi) is 5.39. The molecule has 1 atom stereocenters. The van der Waals surface area contributed by atoms with Crippen molar-refractivity contribution >= 4 is 34.8 Å². The lowest BCUT2D eigenvalue weighted by atomic mass is 10.1. The Morgan fingerprint density at radius 1 is 1.04 bits per heavy atom. The van der Waals surface area contributed by atoms with Gasteiger partial charge in [0.25, 0.3) is 5.91 Å². The maximum Gasteiger partial charge on any atom is 0.408 e. The van der Waals surface area contributed by atoms with E-state index >= 15 is 0 Å². The van der Waals surface area contributed by atoms with Crippen LogP contribution in [0.25, 0.3) is 0 Å². The second kappa shape index (κ2) is 7.01. The Morgan fingerprint density at radius 3 is 1.96 bits per heavy atom. The monoisotopic (exact) mass is 393 g/mol. The highest BCUT2D eigenvalue weighted by Crippen LogP contribution is 2.35. The van der Waals surface area contributed by atoms with Crippen LogP contribution in [0, 0.1) is 0 Å². The molecule has 0 aromatic heterocycles. The van der Waals surface area contributed by atoms with Gasteiger partial charge in [0.15, 0.2) is 0 Å². The van der Waals surface area contributed by atoms with Crippen molar-refractivity contribution in [2.45, 2.75) is 19.1 Å². The van der Waals surface area contributed by atoms with Gasteiger partial charge in [-0.15, -0.1) is 0 Å². The number of aromatic hydroxyl groups is 2. The fraction of sp³-hybridized carbons (Fsp3) is 0.188. The Bertz CT molecular complexity index is 771. The number of phenolic OH excluding ortho intramolecular Hbond substituents is 2. The minimum absolute atomic E-state index is 0.104. The van der Waals surface area contributed by atoms with Crippen molar-refractivity contribution in [3.63, 3.8) is 0 Å². The van der Waals surface area contributed by atoms with E-state index in [1.165, 1.54) is 0 Å². The first-order chi connectivity index (χ1) is 11.5. The SMILES string of the molecule is CC(N(C(=O)c1c(Cl)cc(O)cc1Cl)c1ccc(O)cc1)C(F)(F)F. The van der Waals surface area contributed by atoms with E-state index in [0.29, 0.717) is 4.90 Å². The van der Waals surface area contributed by atoms with Crippen molar-refractivity contribution in [1.29, 1.82) is 0 Å². The van der Waals surface area contributed by atoms with Gasteiger partial charge in [0, 0.05) is 5.69 Å². The Morgan fingerprint density at radius 2 is 1.52 bits per heavy atom. The summed E-state index contributed by atoms with van der Waals surface area (Å²) in [7, 11) is 0. The van der Waals surface area contributed by atoms with E-state index in [9.17, 15) is 28.2 Å². The predicted molar refractivity (Wildman–Crippen MR) is 88.6 cm³/mol. The number of rotatable bonds is 3. The van der Waals surface area contributed by atoms with Crippen molar-refractivity contribution in [2.75, 3.05) is 4.90 Å². The van der Waals surface area contributed by atoms with Crippen molar-refractivity contribution in [3.8, 4) is 11.5 Å². The molecular formula is C16H12Cl2F3NO3. The van der Waals surface area contributed by atoms with Gasteiger partial charge in [0.2, 0.25) is 0 Å². The maximum atomic E-state index is 13.3. The van der Waals surface area contributed by atoms with Crippen LogP contribution in [0.1, 0.15) is 17.3 Å². The van der Waals surface area contributed by atoms with Crippen LogP contribution in [0.5, 0.6) is 11.5 Å². The van der Waals surface area contributed by atoms with E-state index < -0.39 is 18.1 Å². The summed E-state index contributed by atoms with van der Waals surface area (Å²) in [6.45, 7) is 0.812. The summed E-state index contributed by atoms with van der Waals surface area (Å²) in [6, 6.07) is 4.46. The molecule has 2 N–H and O–H groups in total. The zero-order valence-electron chi connectivity index (χ0n) is 12.7. The summed E-state index contributed by atoms with van der Waals surface area (Å²) in [6.07, 6.45) is -4.72. The van der Waals surface area contributed by atoms with Gasteiger partial charge in [-0.3, -0.25) is 9.69 Å². The number of amides is 1. The van der Waals surface area contributed by atoms with Crippen molar-refractivity contribution in [3.05, 3.63) is 52.0 Å². The first-order valence-electron chi connectivity index (χ1n) is 6.89. The molecule has 1 amide bonds. The zero-order valence-corrected chi connectivity index (χ0v) is 14.2. The minimum atomic E-state index is -4.72. The number of alkyl halides is 3.